The molecule has 0 spiro atoms. The van der Waals surface area contributed by atoms with Crippen molar-refractivity contribution in [1.29, 1.82) is 0 Å². The molecule has 1 rings (SSSR count). The molecule has 0 bridgehead atoms. The molecular weight excluding hydrogens is 350 g/mol. The Morgan fingerprint density at radius 3 is 1.54 bits per heavy atom. The number of hydrogen-bond donors (Lipinski definition) is 2. The van der Waals surface area contributed by atoms with Crippen LogP contribution in [0.3, 0.4) is 0 Å². The van der Waals surface area contributed by atoms with Crippen LogP contribution in [0.5, 0.6) is 5.75 Å². The van der Waals surface area contributed by atoms with Crippen molar-refractivity contribution in [3.8, 4) is 5.75 Å². The van der Waals surface area contributed by atoms with Crippen LogP contribution in [0, 0.1) is 0 Å². The van der Waals surface area contributed by atoms with Crippen LogP contribution in [0.15, 0.2) is 0 Å². The standard InChI is InChI=1S/C23H43N3O2/c1-4-5-6-7-8-9-10-11-12-13-14-15-16-17-18-20-22(28)21(19-27)25-23(24-20)26(2)3/h27-28H,4-19H2,1-3H3. The van der Waals surface area contributed by atoms with E-state index in [1.807, 2.05) is 14.1 Å². The summed E-state index contributed by atoms with van der Waals surface area (Å²) in [4.78, 5) is 10.4. The van der Waals surface area contributed by atoms with Gasteiger partial charge in [0, 0.05) is 14.1 Å². The van der Waals surface area contributed by atoms with Gasteiger partial charge in [-0.1, -0.05) is 90.4 Å². The lowest BCUT2D eigenvalue weighted by Gasteiger charge is -2.14. The fraction of sp³-hybridized carbons (Fsp3) is 0.826. The fourth-order valence-corrected chi connectivity index (χ4v) is 3.51. The number of rotatable bonds is 17. The Kier molecular flexibility index (Phi) is 13.7. The summed E-state index contributed by atoms with van der Waals surface area (Å²) in [5.74, 6) is 0.602. The molecule has 0 aliphatic rings. The van der Waals surface area contributed by atoms with Gasteiger partial charge >= 0.3 is 0 Å². The smallest absolute Gasteiger partial charge is 0.225 e. The monoisotopic (exact) mass is 393 g/mol. The molecule has 0 aromatic carbocycles. The van der Waals surface area contributed by atoms with Crippen molar-refractivity contribution < 1.29 is 10.2 Å². The highest BCUT2D eigenvalue weighted by Gasteiger charge is 2.13. The van der Waals surface area contributed by atoms with E-state index in [9.17, 15) is 10.2 Å². The second-order valence-corrected chi connectivity index (χ2v) is 8.16. The number of aromatic nitrogens is 2. The largest absolute Gasteiger partial charge is 0.504 e. The molecule has 28 heavy (non-hydrogen) atoms. The summed E-state index contributed by atoms with van der Waals surface area (Å²) in [6.07, 6.45) is 19.4. The van der Waals surface area contributed by atoms with Crippen LogP contribution in [-0.2, 0) is 13.0 Å². The van der Waals surface area contributed by atoms with Crippen molar-refractivity contribution in [2.24, 2.45) is 0 Å². The Bertz CT molecular complexity index is 521. The van der Waals surface area contributed by atoms with E-state index in [4.69, 9.17) is 0 Å². The molecular formula is C23H43N3O2. The highest BCUT2D eigenvalue weighted by atomic mass is 16.3. The Balaban J connectivity index is 2.08. The van der Waals surface area contributed by atoms with Gasteiger partial charge in [-0.2, -0.15) is 0 Å². The lowest BCUT2D eigenvalue weighted by atomic mass is 10.0. The molecule has 0 aliphatic carbocycles. The molecule has 162 valence electrons. The normalized spacial score (nSPS) is 11.1. The van der Waals surface area contributed by atoms with Crippen molar-refractivity contribution >= 4 is 5.95 Å². The predicted octanol–water partition coefficient (Wildman–Crippen LogP) is 5.76. The summed E-state index contributed by atoms with van der Waals surface area (Å²) in [6, 6.07) is 0. The molecule has 0 amide bonds. The third kappa shape index (κ3) is 10.3. The molecule has 0 radical (unpaired) electrons. The summed E-state index contributed by atoms with van der Waals surface area (Å²) in [7, 11) is 3.73. The second-order valence-electron chi connectivity index (χ2n) is 8.16. The lowest BCUT2D eigenvalue weighted by Crippen LogP contribution is -2.15. The molecule has 1 aromatic heterocycles. The molecule has 2 N–H and O–H groups in total. The van der Waals surface area contributed by atoms with Gasteiger partial charge in [-0.15, -0.1) is 0 Å². The van der Waals surface area contributed by atoms with Gasteiger partial charge in [-0.3, -0.25) is 0 Å². The van der Waals surface area contributed by atoms with E-state index in [0.29, 0.717) is 17.3 Å². The minimum Gasteiger partial charge on any atom is -0.504 e. The lowest BCUT2D eigenvalue weighted by molar-refractivity contribution is 0.269. The van der Waals surface area contributed by atoms with E-state index in [1.165, 1.54) is 77.0 Å². The van der Waals surface area contributed by atoms with E-state index in [2.05, 4.69) is 16.9 Å². The van der Waals surface area contributed by atoms with Gasteiger partial charge in [-0.25, -0.2) is 9.97 Å². The Morgan fingerprint density at radius 2 is 1.11 bits per heavy atom. The first-order chi connectivity index (χ1) is 13.6. The molecule has 0 saturated carbocycles. The Morgan fingerprint density at radius 1 is 0.679 bits per heavy atom. The predicted molar refractivity (Wildman–Crippen MR) is 118 cm³/mol. The van der Waals surface area contributed by atoms with Crippen LogP contribution >= 0.6 is 0 Å². The molecule has 0 saturated heterocycles. The summed E-state index contributed by atoms with van der Waals surface area (Å²) in [5, 5.41) is 19.6. The summed E-state index contributed by atoms with van der Waals surface area (Å²) in [6.45, 7) is 2.01. The summed E-state index contributed by atoms with van der Waals surface area (Å²) in [5.41, 5.74) is 0.973. The maximum atomic E-state index is 10.2. The van der Waals surface area contributed by atoms with Crippen molar-refractivity contribution in [3.63, 3.8) is 0 Å². The number of unbranched alkanes of at least 4 members (excludes halogenated alkanes) is 13. The number of anilines is 1. The van der Waals surface area contributed by atoms with Crippen LogP contribution in [0.4, 0.5) is 5.95 Å². The summed E-state index contributed by atoms with van der Waals surface area (Å²) >= 11 is 0. The van der Waals surface area contributed by atoms with Gasteiger partial charge in [0.2, 0.25) is 5.95 Å². The first kappa shape index (κ1) is 24.7. The van der Waals surface area contributed by atoms with Crippen LogP contribution in [-0.4, -0.2) is 34.3 Å². The van der Waals surface area contributed by atoms with E-state index in [1.54, 1.807) is 4.90 Å². The first-order valence-corrected chi connectivity index (χ1v) is 11.5. The van der Waals surface area contributed by atoms with Crippen molar-refractivity contribution in [2.75, 3.05) is 19.0 Å². The van der Waals surface area contributed by atoms with E-state index >= 15 is 0 Å². The van der Waals surface area contributed by atoms with Gasteiger partial charge in [0.1, 0.15) is 5.69 Å². The zero-order valence-electron chi connectivity index (χ0n) is 18.5. The number of hydrogen-bond acceptors (Lipinski definition) is 5. The highest BCUT2D eigenvalue weighted by molar-refractivity contribution is 5.39. The average Bonchev–Trinajstić information content (AvgIpc) is 2.69. The summed E-state index contributed by atoms with van der Waals surface area (Å²) < 4.78 is 0. The van der Waals surface area contributed by atoms with Crippen molar-refractivity contribution in [2.45, 2.75) is 110 Å². The molecule has 1 heterocycles. The maximum absolute atomic E-state index is 10.2. The van der Waals surface area contributed by atoms with E-state index in [-0.39, 0.29) is 12.4 Å². The van der Waals surface area contributed by atoms with Gasteiger partial charge in [-0.05, 0) is 12.8 Å². The van der Waals surface area contributed by atoms with Crippen LogP contribution in [0.25, 0.3) is 0 Å². The minimum absolute atomic E-state index is 0.0581. The molecule has 0 atom stereocenters. The van der Waals surface area contributed by atoms with E-state index < -0.39 is 0 Å². The third-order valence-corrected chi connectivity index (χ3v) is 5.33. The molecule has 0 fully saturated rings. The van der Waals surface area contributed by atoms with Crippen LogP contribution in [0.1, 0.15) is 108 Å². The number of aryl methyl sites for hydroxylation is 1. The molecule has 1 aromatic rings. The number of nitrogens with zero attached hydrogens (tertiary/aromatic N) is 3. The van der Waals surface area contributed by atoms with Gasteiger partial charge in [0.05, 0.1) is 12.3 Å². The van der Waals surface area contributed by atoms with Crippen LogP contribution in [0.2, 0.25) is 0 Å². The van der Waals surface area contributed by atoms with Gasteiger partial charge in [0.15, 0.2) is 5.75 Å². The Hall–Kier alpha value is -1.36. The number of aliphatic hydroxyl groups is 1. The average molecular weight is 394 g/mol. The molecule has 0 unspecified atom stereocenters. The quantitative estimate of drug-likeness (QED) is 0.329. The zero-order chi connectivity index (χ0) is 20.6. The topological polar surface area (TPSA) is 69.5 Å². The van der Waals surface area contributed by atoms with Gasteiger partial charge in [0.25, 0.3) is 0 Å². The van der Waals surface area contributed by atoms with Gasteiger partial charge < -0.3 is 15.1 Å². The first-order valence-electron chi connectivity index (χ1n) is 11.5. The Labute approximate surface area is 172 Å². The molecule has 0 aliphatic heterocycles. The number of aliphatic hydroxyl groups excluding tert-OH is 1. The third-order valence-electron chi connectivity index (χ3n) is 5.33. The maximum Gasteiger partial charge on any atom is 0.225 e. The van der Waals surface area contributed by atoms with Crippen LogP contribution < -0.4 is 4.90 Å². The van der Waals surface area contributed by atoms with Crippen molar-refractivity contribution in [3.05, 3.63) is 11.4 Å². The molecule has 5 heteroatoms. The second kappa shape index (κ2) is 15.5. The fourth-order valence-electron chi connectivity index (χ4n) is 3.51. The SMILES string of the molecule is CCCCCCCCCCCCCCCCc1nc(N(C)C)nc(CO)c1O. The van der Waals surface area contributed by atoms with Crippen molar-refractivity contribution in [1.82, 2.24) is 9.97 Å². The molecule has 5 nitrogen and oxygen atoms in total. The van der Waals surface area contributed by atoms with E-state index in [0.717, 1.165) is 19.3 Å². The zero-order valence-corrected chi connectivity index (χ0v) is 18.5. The highest BCUT2D eigenvalue weighted by Crippen LogP contribution is 2.24. The minimum atomic E-state index is -0.263. The number of aromatic hydroxyl groups is 1.